The van der Waals surface area contributed by atoms with Gasteiger partial charge in [-0.15, -0.1) is 11.3 Å². The van der Waals surface area contributed by atoms with E-state index < -0.39 is 0 Å². The van der Waals surface area contributed by atoms with Crippen molar-refractivity contribution in [1.29, 1.82) is 0 Å². The summed E-state index contributed by atoms with van der Waals surface area (Å²) in [6, 6.07) is 14.0. The number of rotatable bonds is 5. The molecule has 3 aromatic heterocycles. The molecule has 4 aromatic rings. The summed E-state index contributed by atoms with van der Waals surface area (Å²) in [4.78, 5) is 29.2. The van der Waals surface area contributed by atoms with E-state index in [1.165, 1.54) is 0 Å². The van der Waals surface area contributed by atoms with Gasteiger partial charge < -0.3 is 10.2 Å². The number of nitrogens with one attached hydrogen (secondary N) is 1. The third-order valence-corrected chi connectivity index (χ3v) is 6.18. The maximum absolute atomic E-state index is 12.6. The Bertz CT molecular complexity index is 1170. The molecule has 1 fully saturated rings. The molecule has 0 radical (unpaired) electrons. The van der Waals surface area contributed by atoms with Crippen LogP contribution in [0, 0.1) is 0 Å². The number of anilines is 1. The maximum atomic E-state index is 12.6. The number of nitrogens with zero attached hydrogens (tertiary/aromatic N) is 4. The number of thiophene rings is 1. The van der Waals surface area contributed by atoms with Crippen LogP contribution in [0.5, 0.6) is 0 Å². The number of amides is 1. The third kappa shape index (κ3) is 3.64. The van der Waals surface area contributed by atoms with Crippen molar-refractivity contribution in [3.63, 3.8) is 0 Å². The quantitative estimate of drug-likeness (QED) is 0.521. The number of carbonyl (C=O) groups is 1. The van der Waals surface area contributed by atoms with Gasteiger partial charge >= 0.3 is 0 Å². The lowest BCUT2D eigenvalue weighted by Crippen LogP contribution is -2.33. The number of benzene rings is 1. The second-order valence-corrected chi connectivity index (χ2v) is 8.13. The summed E-state index contributed by atoms with van der Waals surface area (Å²) in [5.41, 5.74) is 3.03. The lowest BCUT2D eigenvalue weighted by molar-refractivity contribution is -0.128. The van der Waals surface area contributed by atoms with Crippen LogP contribution < -0.4 is 5.32 Å². The first-order valence-corrected chi connectivity index (χ1v) is 10.9. The highest BCUT2D eigenvalue weighted by Crippen LogP contribution is 2.38. The maximum Gasteiger partial charge on any atom is 0.241 e. The first-order valence-electron chi connectivity index (χ1n) is 10.1. The first kappa shape index (κ1) is 18.7. The summed E-state index contributed by atoms with van der Waals surface area (Å²) >= 11 is 1.58. The molecule has 1 saturated heterocycles. The van der Waals surface area contributed by atoms with Crippen LogP contribution in [0.1, 0.15) is 12.8 Å². The molecule has 5 rings (SSSR count). The number of pyridine rings is 1. The Balaban J connectivity index is 1.57. The lowest BCUT2D eigenvalue weighted by atomic mass is 10.1. The highest BCUT2D eigenvalue weighted by atomic mass is 32.1. The average Bonchev–Trinajstić information content (AvgIpc) is 3.49. The summed E-state index contributed by atoms with van der Waals surface area (Å²) in [7, 11) is 0. The fourth-order valence-corrected chi connectivity index (χ4v) is 4.71. The van der Waals surface area contributed by atoms with Crippen LogP contribution in [-0.2, 0) is 4.79 Å². The zero-order valence-corrected chi connectivity index (χ0v) is 17.2. The van der Waals surface area contributed by atoms with Gasteiger partial charge in [-0.25, -0.2) is 9.97 Å². The van der Waals surface area contributed by atoms with Gasteiger partial charge in [0, 0.05) is 42.0 Å². The molecule has 0 bridgehead atoms. The van der Waals surface area contributed by atoms with Crippen LogP contribution in [0.3, 0.4) is 0 Å². The molecular formula is C23H21N5OS. The molecule has 0 atom stereocenters. The fourth-order valence-electron chi connectivity index (χ4n) is 3.76. The van der Waals surface area contributed by atoms with Gasteiger partial charge in [0.25, 0.3) is 0 Å². The molecule has 1 N–H and O–H groups in total. The zero-order valence-electron chi connectivity index (χ0n) is 16.4. The van der Waals surface area contributed by atoms with E-state index in [1.54, 1.807) is 23.7 Å². The highest BCUT2D eigenvalue weighted by Gasteiger charge is 2.20. The predicted molar refractivity (Wildman–Crippen MR) is 120 cm³/mol. The minimum Gasteiger partial charge on any atom is -0.360 e. The molecule has 4 heterocycles. The zero-order chi connectivity index (χ0) is 20.3. The number of hydrogen-bond acceptors (Lipinski definition) is 6. The van der Waals surface area contributed by atoms with E-state index in [9.17, 15) is 4.79 Å². The van der Waals surface area contributed by atoms with Crippen LogP contribution in [-0.4, -0.2) is 45.4 Å². The standard InChI is InChI=1S/C23H21N5OS/c29-19(28-11-4-5-12-28)14-25-22-20-18(16-7-2-1-3-8-16)15-30-23(20)27-21(26-22)17-9-6-10-24-13-17/h1-3,6-10,13,15H,4-5,11-12,14H2,(H,25,26,27). The van der Waals surface area contributed by atoms with Crippen LogP contribution in [0.4, 0.5) is 5.82 Å². The van der Waals surface area contributed by atoms with E-state index >= 15 is 0 Å². The van der Waals surface area contributed by atoms with Crippen molar-refractivity contribution in [3.8, 4) is 22.5 Å². The molecule has 150 valence electrons. The van der Waals surface area contributed by atoms with Gasteiger partial charge in [0.2, 0.25) is 5.91 Å². The van der Waals surface area contributed by atoms with Gasteiger partial charge in [-0.3, -0.25) is 9.78 Å². The Morgan fingerprint density at radius 2 is 1.83 bits per heavy atom. The largest absolute Gasteiger partial charge is 0.360 e. The van der Waals surface area contributed by atoms with E-state index in [1.807, 2.05) is 35.2 Å². The Morgan fingerprint density at radius 1 is 1.03 bits per heavy atom. The fraction of sp³-hybridized carbons (Fsp3) is 0.217. The van der Waals surface area contributed by atoms with Crippen molar-refractivity contribution in [1.82, 2.24) is 19.9 Å². The molecule has 7 heteroatoms. The summed E-state index contributed by atoms with van der Waals surface area (Å²) in [6.07, 6.45) is 5.65. The van der Waals surface area contributed by atoms with Gasteiger partial charge in [0.15, 0.2) is 5.82 Å². The molecule has 30 heavy (non-hydrogen) atoms. The number of fused-ring (bicyclic) bond motifs is 1. The minimum absolute atomic E-state index is 0.110. The van der Waals surface area contributed by atoms with E-state index in [4.69, 9.17) is 9.97 Å². The Hall–Kier alpha value is -3.32. The van der Waals surface area contributed by atoms with Crippen molar-refractivity contribution in [3.05, 3.63) is 60.2 Å². The van der Waals surface area contributed by atoms with Gasteiger partial charge in [-0.2, -0.15) is 0 Å². The summed E-state index contributed by atoms with van der Waals surface area (Å²) < 4.78 is 0. The molecule has 1 amide bonds. The SMILES string of the molecule is O=C(CNc1nc(-c2cccnc2)nc2scc(-c3ccccc3)c12)N1CCCC1. The topological polar surface area (TPSA) is 71.0 Å². The van der Waals surface area contributed by atoms with Crippen molar-refractivity contribution < 1.29 is 4.79 Å². The van der Waals surface area contributed by atoms with E-state index in [0.717, 1.165) is 52.8 Å². The van der Waals surface area contributed by atoms with Crippen LogP contribution in [0.25, 0.3) is 32.7 Å². The number of likely N-dealkylation sites (tertiary alicyclic amines) is 1. The predicted octanol–water partition coefficient (Wildman–Crippen LogP) is 4.45. The van der Waals surface area contributed by atoms with Gasteiger partial charge in [-0.1, -0.05) is 30.3 Å². The minimum atomic E-state index is 0.110. The van der Waals surface area contributed by atoms with E-state index in [2.05, 4.69) is 27.8 Å². The van der Waals surface area contributed by atoms with Crippen LogP contribution >= 0.6 is 11.3 Å². The average molecular weight is 416 g/mol. The van der Waals surface area contributed by atoms with Crippen molar-refractivity contribution in [2.45, 2.75) is 12.8 Å². The molecule has 1 aromatic carbocycles. The van der Waals surface area contributed by atoms with E-state index in [0.29, 0.717) is 11.6 Å². The lowest BCUT2D eigenvalue weighted by Gasteiger charge is -2.16. The molecule has 1 aliphatic heterocycles. The number of hydrogen-bond donors (Lipinski definition) is 1. The van der Waals surface area contributed by atoms with E-state index in [-0.39, 0.29) is 12.5 Å². The second-order valence-electron chi connectivity index (χ2n) is 7.27. The molecule has 1 aliphatic rings. The molecular weight excluding hydrogens is 394 g/mol. The summed E-state index contributed by atoms with van der Waals surface area (Å²) in [5.74, 6) is 1.40. The van der Waals surface area contributed by atoms with Crippen molar-refractivity contribution in [2.24, 2.45) is 0 Å². The summed E-state index contributed by atoms with van der Waals surface area (Å²) in [5, 5.41) is 6.37. The van der Waals surface area contributed by atoms with Gasteiger partial charge in [0.05, 0.1) is 11.9 Å². The molecule has 0 unspecified atom stereocenters. The van der Waals surface area contributed by atoms with Crippen LogP contribution in [0.2, 0.25) is 0 Å². The monoisotopic (exact) mass is 415 g/mol. The van der Waals surface area contributed by atoms with Crippen LogP contribution in [0.15, 0.2) is 60.2 Å². The van der Waals surface area contributed by atoms with Crippen molar-refractivity contribution >= 4 is 33.3 Å². The Morgan fingerprint density at radius 3 is 2.60 bits per heavy atom. The number of carbonyl (C=O) groups excluding carboxylic acids is 1. The molecule has 0 saturated carbocycles. The van der Waals surface area contributed by atoms with Crippen molar-refractivity contribution in [2.75, 3.05) is 25.0 Å². The highest BCUT2D eigenvalue weighted by molar-refractivity contribution is 7.17. The smallest absolute Gasteiger partial charge is 0.241 e. The van der Waals surface area contributed by atoms with Gasteiger partial charge in [-0.05, 0) is 30.5 Å². The Kier molecular flexibility index (Phi) is 5.11. The van der Waals surface area contributed by atoms with Gasteiger partial charge in [0.1, 0.15) is 10.6 Å². The Labute approximate surface area is 178 Å². The normalized spacial score (nSPS) is 13.7. The molecule has 6 nitrogen and oxygen atoms in total. The number of aromatic nitrogens is 3. The molecule has 0 aliphatic carbocycles. The summed E-state index contributed by atoms with van der Waals surface area (Å²) in [6.45, 7) is 1.91. The first-order chi connectivity index (χ1) is 14.8. The third-order valence-electron chi connectivity index (χ3n) is 5.30. The molecule has 0 spiro atoms. The second kappa shape index (κ2) is 8.20.